The minimum absolute atomic E-state index is 0.116. The van der Waals surface area contributed by atoms with Gasteiger partial charge in [-0.2, -0.15) is 0 Å². The van der Waals surface area contributed by atoms with Gasteiger partial charge in [-0.3, -0.25) is 24.0 Å². The molecule has 3 heterocycles. The third-order valence-corrected chi connectivity index (χ3v) is 6.18. The Hall–Kier alpha value is -2.83. The molecular weight excluding hydrogens is 444 g/mol. The number of carbonyl (C=O) groups is 1. The van der Waals surface area contributed by atoms with E-state index in [0.29, 0.717) is 18.5 Å². The van der Waals surface area contributed by atoms with Gasteiger partial charge in [0.15, 0.2) is 6.23 Å². The highest BCUT2D eigenvalue weighted by Gasteiger charge is 2.35. The molecule has 2 aliphatic rings. The third kappa shape index (κ3) is 5.13. The third-order valence-electron chi connectivity index (χ3n) is 6.18. The van der Waals surface area contributed by atoms with E-state index in [9.17, 15) is 24.6 Å². The number of nitrogens with one attached hydrogen (secondary N) is 1. The molecule has 0 amide bonds. The molecule has 2 aromatic rings. The van der Waals surface area contributed by atoms with Gasteiger partial charge in [0, 0.05) is 37.8 Å². The number of rotatable bonds is 7. The quantitative estimate of drug-likeness (QED) is 0.460. The monoisotopic (exact) mass is 474 g/mol. The molecule has 4 rings (SSSR count). The number of aromatic nitrogens is 2. The van der Waals surface area contributed by atoms with E-state index in [0.717, 1.165) is 18.7 Å². The van der Waals surface area contributed by atoms with Crippen molar-refractivity contribution in [2.75, 3.05) is 40.3 Å². The Bertz CT molecular complexity index is 1130. The van der Waals surface area contributed by atoms with Crippen molar-refractivity contribution < 1.29 is 24.5 Å². The van der Waals surface area contributed by atoms with Gasteiger partial charge in [-0.05, 0) is 19.7 Å². The van der Waals surface area contributed by atoms with Crippen LogP contribution >= 0.6 is 0 Å². The normalized spacial score (nSPS) is 25.6. The molecule has 11 heteroatoms. The first-order valence-corrected chi connectivity index (χ1v) is 11.2. The van der Waals surface area contributed by atoms with Gasteiger partial charge in [0.1, 0.15) is 12.3 Å². The number of benzene rings is 1. The number of hydrogen-bond donors (Lipinski definition) is 3. The maximum Gasteiger partial charge on any atom is 0.330 e. The van der Waals surface area contributed by atoms with Crippen molar-refractivity contribution in [1.29, 1.82) is 0 Å². The number of aliphatic hydroxyl groups is 2. The smallest absolute Gasteiger partial charge is 0.330 e. The van der Waals surface area contributed by atoms with Crippen LogP contribution in [0.1, 0.15) is 30.9 Å². The lowest BCUT2D eigenvalue weighted by Gasteiger charge is -2.35. The summed E-state index contributed by atoms with van der Waals surface area (Å²) in [6.45, 7) is 1.78. The molecule has 0 spiro atoms. The van der Waals surface area contributed by atoms with Gasteiger partial charge < -0.3 is 24.6 Å². The van der Waals surface area contributed by atoms with Crippen LogP contribution in [-0.4, -0.2) is 88.1 Å². The van der Waals surface area contributed by atoms with Crippen molar-refractivity contribution in [1.82, 2.24) is 19.4 Å². The first kappa shape index (κ1) is 24.3. The fourth-order valence-electron chi connectivity index (χ4n) is 4.23. The Kier molecular flexibility index (Phi) is 7.29. The van der Waals surface area contributed by atoms with Crippen molar-refractivity contribution in [3.8, 4) is 11.1 Å². The lowest BCUT2D eigenvalue weighted by atomic mass is 10.0. The highest BCUT2D eigenvalue weighted by atomic mass is 16.6. The number of H-pyrrole nitrogens is 1. The van der Waals surface area contributed by atoms with Crippen LogP contribution in [0, 0.1) is 0 Å². The number of hydrogen-bond acceptors (Lipinski definition) is 9. The van der Waals surface area contributed by atoms with Gasteiger partial charge in [0.2, 0.25) is 0 Å². The van der Waals surface area contributed by atoms with E-state index in [2.05, 4.69) is 14.8 Å². The molecule has 2 aliphatic heterocycles. The van der Waals surface area contributed by atoms with Gasteiger partial charge in [0.05, 0.1) is 24.7 Å². The number of cyclic esters (lactones) is 1. The summed E-state index contributed by atoms with van der Waals surface area (Å²) < 4.78 is 12.4. The molecule has 1 aromatic heterocycles. The first-order valence-electron chi connectivity index (χ1n) is 11.2. The second-order valence-corrected chi connectivity index (χ2v) is 8.88. The molecule has 3 N–H and O–H groups in total. The maximum atomic E-state index is 12.5. The molecule has 0 aliphatic carbocycles. The summed E-state index contributed by atoms with van der Waals surface area (Å²) in [7, 11) is 3.97. The average molecular weight is 475 g/mol. The average Bonchev–Trinajstić information content (AvgIpc) is 3.18. The van der Waals surface area contributed by atoms with Crippen molar-refractivity contribution in [3.05, 3.63) is 56.9 Å². The van der Waals surface area contributed by atoms with Gasteiger partial charge in [0.25, 0.3) is 5.56 Å². The summed E-state index contributed by atoms with van der Waals surface area (Å²) in [5.41, 5.74) is 0.392. The number of nitrogens with zero attached hydrogens (tertiary/aromatic N) is 3. The molecule has 2 fully saturated rings. The minimum Gasteiger partial charge on any atom is -0.442 e. The lowest BCUT2D eigenvalue weighted by molar-refractivity contribution is -0.170. The molecular formula is C23H30N4O7. The molecule has 34 heavy (non-hydrogen) atoms. The van der Waals surface area contributed by atoms with Crippen molar-refractivity contribution in [3.63, 3.8) is 0 Å². The second-order valence-electron chi connectivity index (χ2n) is 8.88. The number of esters is 1. The van der Waals surface area contributed by atoms with E-state index >= 15 is 0 Å². The van der Waals surface area contributed by atoms with Gasteiger partial charge in [-0.25, -0.2) is 4.79 Å². The highest BCUT2D eigenvalue weighted by molar-refractivity contribution is 5.70. The summed E-state index contributed by atoms with van der Waals surface area (Å²) in [4.78, 5) is 43.3. The largest absolute Gasteiger partial charge is 0.442 e. The number of carbonyl (C=O) groups excluding carboxylic acids is 1. The Balaban J connectivity index is 1.59. The lowest BCUT2D eigenvalue weighted by Crippen LogP contribution is -2.42. The highest BCUT2D eigenvalue weighted by Crippen LogP contribution is 2.30. The zero-order valence-corrected chi connectivity index (χ0v) is 19.2. The zero-order valence-electron chi connectivity index (χ0n) is 19.2. The standard InChI is InChI=1S/C23H30N4O7/c1-25(2)9-10-26-8-7-20(30)34-22(26)15-5-3-14(4-6-15)16-12-27(23(32)24-21(16)31)19-11-17(29)18(13-28)33-19/h3-6,12,17-19,22,28-29H,7-11,13H2,1-2H3,(H,24,31,32)/t17?,18-,19-,22?/m1/s1. The molecule has 1 aromatic carbocycles. The number of aliphatic hydroxyl groups excluding tert-OH is 2. The molecule has 0 bridgehead atoms. The summed E-state index contributed by atoms with van der Waals surface area (Å²) >= 11 is 0. The van der Waals surface area contributed by atoms with E-state index in [1.165, 1.54) is 10.8 Å². The molecule has 0 radical (unpaired) electrons. The predicted molar refractivity (Wildman–Crippen MR) is 122 cm³/mol. The van der Waals surface area contributed by atoms with Crippen LogP contribution in [0.25, 0.3) is 11.1 Å². The van der Waals surface area contributed by atoms with Crippen molar-refractivity contribution >= 4 is 5.97 Å². The Morgan fingerprint density at radius 1 is 1.18 bits per heavy atom. The Labute approximate surface area is 196 Å². The van der Waals surface area contributed by atoms with Crippen LogP contribution < -0.4 is 11.2 Å². The number of aromatic amines is 1. The molecule has 2 unspecified atom stereocenters. The number of likely N-dealkylation sites (N-methyl/N-ethyl adjacent to an activating group) is 1. The van der Waals surface area contributed by atoms with Crippen LogP contribution in [-0.2, 0) is 14.3 Å². The van der Waals surface area contributed by atoms with E-state index < -0.39 is 35.9 Å². The summed E-state index contributed by atoms with van der Waals surface area (Å²) in [5, 5.41) is 19.3. The maximum absolute atomic E-state index is 12.5. The van der Waals surface area contributed by atoms with E-state index in [1.807, 2.05) is 14.1 Å². The van der Waals surface area contributed by atoms with Crippen molar-refractivity contribution in [2.24, 2.45) is 0 Å². The van der Waals surface area contributed by atoms with Crippen LogP contribution in [0.5, 0.6) is 0 Å². The van der Waals surface area contributed by atoms with E-state index in [1.54, 1.807) is 24.3 Å². The first-order chi connectivity index (χ1) is 16.3. The molecule has 4 atom stereocenters. The predicted octanol–water partition coefficient (Wildman–Crippen LogP) is -0.347. The van der Waals surface area contributed by atoms with Crippen molar-refractivity contribution in [2.45, 2.75) is 37.5 Å². The molecule has 2 saturated heterocycles. The fourth-order valence-corrected chi connectivity index (χ4v) is 4.23. The second kappa shape index (κ2) is 10.2. The molecule has 184 valence electrons. The molecule has 0 saturated carbocycles. The molecule has 11 nitrogen and oxygen atoms in total. The Morgan fingerprint density at radius 3 is 2.56 bits per heavy atom. The summed E-state index contributed by atoms with van der Waals surface area (Å²) in [5.74, 6) is -0.251. The summed E-state index contributed by atoms with van der Waals surface area (Å²) in [6, 6.07) is 7.08. The van der Waals surface area contributed by atoms with E-state index in [-0.39, 0.29) is 24.6 Å². The number of ether oxygens (including phenoxy) is 2. The van der Waals surface area contributed by atoms with Gasteiger partial charge in [-0.15, -0.1) is 0 Å². The Morgan fingerprint density at radius 2 is 1.91 bits per heavy atom. The van der Waals surface area contributed by atoms with Gasteiger partial charge >= 0.3 is 11.7 Å². The van der Waals surface area contributed by atoms with Gasteiger partial charge in [-0.1, -0.05) is 24.3 Å². The SMILES string of the molecule is CN(C)CCN1CCC(=O)OC1c1ccc(-c2cn([C@H]3CC(O)[C@@H](CO)O3)c(=O)[nH]c2=O)cc1. The van der Waals surface area contributed by atoms with E-state index in [4.69, 9.17) is 9.47 Å². The van der Waals surface area contributed by atoms with Crippen LogP contribution in [0.15, 0.2) is 40.1 Å². The fraction of sp³-hybridized carbons (Fsp3) is 0.522. The topological polar surface area (TPSA) is 137 Å². The zero-order chi connectivity index (χ0) is 24.4. The van der Waals surface area contributed by atoms with Crippen LogP contribution in [0.3, 0.4) is 0 Å². The minimum atomic E-state index is -0.912. The summed E-state index contributed by atoms with van der Waals surface area (Å²) in [6.07, 6.45) is -1.16. The van der Waals surface area contributed by atoms with Crippen LogP contribution in [0.4, 0.5) is 0 Å². The van der Waals surface area contributed by atoms with Crippen LogP contribution in [0.2, 0.25) is 0 Å².